The molecule has 1 amide bonds. The fraction of sp³-hybridized carbons (Fsp3) is 0.133. The molecule has 0 bridgehead atoms. The van der Waals surface area contributed by atoms with Crippen LogP contribution in [0.1, 0.15) is 25.3 Å². The number of rotatable bonds is 3. The maximum atomic E-state index is 11.9. The van der Waals surface area contributed by atoms with Crippen LogP contribution in [0, 0.1) is 0 Å². The SMILES string of the molecule is CC1=C(c2ccc3c(c2)NC(=O)CO3)C(=C2CC2)n2nc(-c3ccccc3)c(-c3ccccc3)c2N1. The predicted octanol–water partition coefficient (Wildman–Crippen LogP) is 6.41. The van der Waals surface area contributed by atoms with Gasteiger partial charge in [-0.1, -0.05) is 66.7 Å². The quantitative estimate of drug-likeness (QED) is 0.362. The number of nitrogens with zero attached hydrogens (tertiary/aromatic N) is 2. The lowest BCUT2D eigenvalue weighted by molar-refractivity contribution is -0.118. The summed E-state index contributed by atoms with van der Waals surface area (Å²) in [7, 11) is 0. The number of fused-ring (bicyclic) bond motifs is 2. The van der Waals surface area contributed by atoms with Gasteiger partial charge in [0.15, 0.2) is 6.61 Å². The lowest BCUT2D eigenvalue weighted by Gasteiger charge is -2.26. The molecule has 2 aliphatic heterocycles. The number of allylic oxidation sites excluding steroid dienone is 4. The van der Waals surface area contributed by atoms with E-state index in [4.69, 9.17) is 9.84 Å². The number of nitrogens with one attached hydrogen (secondary N) is 2. The minimum absolute atomic E-state index is 0.0477. The summed E-state index contributed by atoms with van der Waals surface area (Å²) in [4.78, 5) is 11.9. The largest absolute Gasteiger partial charge is 0.482 e. The highest BCUT2D eigenvalue weighted by Crippen LogP contribution is 2.50. The van der Waals surface area contributed by atoms with Crippen LogP contribution in [0.25, 0.3) is 33.7 Å². The Morgan fingerprint density at radius 2 is 1.58 bits per heavy atom. The van der Waals surface area contributed by atoms with Gasteiger partial charge in [-0.05, 0) is 48.6 Å². The molecule has 3 heterocycles. The molecule has 1 aromatic heterocycles. The average Bonchev–Trinajstić information content (AvgIpc) is 3.68. The Morgan fingerprint density at radius 1 is 0.861 bits per heavy atom. The summed E-state index contributed by atoms with van der Waals surface area (Å²) in [6.07, 6.45) is 2.11. The van der Waals surface area contributed by atoms with E-state index in [1.54, 1.807) is 0 Å². The second-order valence-corrected chi connectivity index (χ2v) is 9.34. The third-order valence-electron chi connectivity index (χ3n) is 6.86. The van der Waals surface area contributed by atoms with Crippen molar-refractivity contribution in [1.82, 2.24) is 9.78 Å². The first-order valence-electron chi connectivity index (χ1n) is 12.2. The Kier molecular flexibility index (Phi) is 4.61. The zero-order valence-electron chi connectivity index (χ0n) is 19.8. The molecule has 4 aromatic rings. The van der Waals surface area contributed by atoms with Crippen LogP contribution >= 0.6 is 0 Å². The standard InChI is InChI=1S/C30H24N4O2/c1-18-26(22-14-15-24-23(16-22)32-25(35)17-36-24)29(21-12-13-21)34-30(31-18)27(19-8-4-2-5-9-19)28(33-34)20-10-6-3-7-11-20/h2-11,14-16,31H,12-13,17H2,1H3,(H,32,35). The molecule has 3 aliphatic rings. The second-order valence-electron chi connectivity index (χ2n) is 9.34. The Labute approximate surface area is 208 Å². The number of benzene rings is 3. The summed E-state index contributed by atoms with van der Waals surface area (Å²) in [5, 5.41) is 11.9. The Balaban J connectivity index is 1.44. The third-order valence-corrected chi connectivity index (χ3v) is 6.86. The Bertz CT molecular complexity index is 1590. The third kappa shape index (κ3) is 3.33. The summed E-state index contributed by atoms with van der Waals surface area (Å²) in [6.45, 7) is 2.16. The molecule has 0 spiro atoms. The van der Waals surface area contributed by atoms with Crippen molar-refractivity contribution >= 4 is 28.7 Å². The van der Waals surface area contributed by atoms with Gasteiger partial charge >= 0.3 is 0 Å². The van der Waals surface area contributed by atoms with Crippen molar-refractivity contribution in [3.05, 3.63) is 95.7 Å². The second kappa shape index (κ2) is 7.99. The lowest BCUT2D eigenvalue weighted by atomic mass is 9.96. The van der Waals surface area contributed by atoms with Gasteiger partial charge in [0.05, 0.1) is 16.9 Å². The van der Waals surface area contributed by atoms with Crippen molar-refractivity contribution in [3.63, 3.8) is 0 Å². The minimum atomic E-state index is -0.137. The summed E-state index contributed by atoms with van der Waals surface area (Å²) in [5.41, 5.74) is 10.6. The molecule has 1 fully saturated rings. The van der Waals surface area contributed by atoms with Crippen LogP contribution in [0.4, 0.5) is 11.5 Å². The molecule has 36 heavy (non-hydrogen) atoms. The van der Waals surface area contributed by atoms with Gasteiger partial charge in [-0.25, -0.2) is 4.68 Å². The number of carbonyl (C=O) groups excluding carboxylic acids is 1. The van der Waals surface area contributed by atoms with Gasteiger partial charge in [0, 0.05) is 16.8 Å². The zero-order valence-corrected chi connectivity index (χ0v) is 19.8. The molecule has 1 saturated carbocycles. The number of hydrogen-bond acceptors (Lipinski definition) is 4. The van der Waals surface area contributed by atoms with E-state index >= 15 is 0 Å². The molecule has 1 aliphatic carbocycles. The predicted molar refractivity (Wildman–Crippen MR) is 142 cm³/mol. The smallest absolute Gasteiger partial charge is 0.262 e. The van der Waals surface area contributed by atoms with Gasteiger partial charge in [-0.15, -0.1) is 0 Å². The first-order chi connectivity index (χ1) is 17.7. The molecular formula is C30H24N4O2. The van der Waals surface area contributed by atoms with E-state index in [0.29, 0.717) is 11.4 Å². The monoisotopic (exact) mass is 472 g/mol. The average molecular weight is 473 g/mol. The molecular weight excluding hydrogens is 448 g/mol. The van der Waals surface area contributed by atoms with E-state index in [2.05, 4.69) is 76.8 Å². The fourth-order valence-electron chi connectivity index (χ4n) is 5.11. The van der Waals surface area contributed by atoms with Crippen LogP contribution in [0.3, 0.4) is 0 Å². The zero-order chi connectivity index (χ0) is 24.2. The number of aromatic nitrogens is 2. The molecule has 0 atom stereocenters. The maximum absolute atomic E-state index is 11.9. The minimum Gasteiger partial charge on any atom is -0.482 e. The number of amides is 1. The first-order valence-corrected chi connectivity index (χ1v) is 12.2. The number of ether oxygens (including phenoxy) is 1. The van der Waals surface area contributed by atoms with Crippen molar-refractivity contribution in [2.45, 2.75) is 19.8 Å². The lowest BCUT2D eigenvalue weighted by Crippen LogP contribution is -2.25. The van der Waals surface area contributed by atoms with E-state index in [1.165, 1.54) is 5.57 Å². The molecule has 3 aromatic carbocycles. The van der Waals surface area contributed by atoms with Gasteiger partial charge in [0.1, 0.15) is 17.3 Å². The number of anilines is 2. The summed E-state index contributed by atoms with van der Waals surface area (Å²) in [5.74, 6) is 1.53. The van der Waals surface area contributed by atoms with E-state index in [1.807, 2.05) is 24.3 Å². The van der Waals surface area contributed by atoms with Gasteiger partial charge in [-0.2, -0.15) is 5.10 Å². The van der Waals surface area contributed by atoms with Crippen molar-refractivity contribution in [2.75, 3.05) is 17.2 Å². The van der Waals surface area contributed by atoms with E-state index in [9.17, 15) is 4.79 Å². The fourth-order valence-corrected chi connectivity index (χ4v) is 5.11. The van der Waals surface area contributed by atoms with Crippen LogP contribution < -0.4 is 15.4 Å². The first kappa shape index (κ1) is 20.8. The Hall–Kier alpha value is -4.58. The van der Waals surface area contributed by atoms with Crippen molar-refractivity contribution in [3.8, 4) is 28.1 Å². The number of carbonyl (C=O) groups is 1. The molecule has 176 valence electrons. The molecule has 6 nitrogen and oxygen atoms in total. The maximum Gasteiger partial charge on any atom is 0.262 e. The summed E-state index contributed by atoms with van der Waals surface area (Å²) >= 11 is 0. The molecule has 6 heteroatoms. The highest BCUT2D eigenvalue weighted by atomic mass is 16.5. The molecule has 0 radical (unpaired) electrons. The van der Waals surface area contributed by atoms with Gasteiger partial charge in [0.2, 0.25) is 0 Å². The highest BCUT2D eigenvalue weighted by molar-refractivity contribution is 6.08. The van der Waals surface area contributed by atoms with E-state index in [0.717, 1.165) is 63.6 Å². The van der Waals surface area contributed by atoms with E-state index in [-0.39, 0.29) is 12.5 Å². The van der Waals surface area contributed by atoms with Crippen LogP contribution in [0.2, 0.25) is 0 Å². The molecule has 2 N–H and O–H groups in total. The van der Waals surface area contributed by atoms with Crippen LogP contribution in [-0.4, -0.2) is 22.3 Å². The topological polar surface area (TPSA) is 68.2 Å². The Morgan fingerprint density at radius 3 is 2.31 bits per heavy atom. The van der Waals surface area contributed by atoms with Crippen LogP contribution in [0.5, 0.6) is 5.75 Å². The van der Waals surface area contributed by atoms with Gasteiger partial charge in [0.25, 0.3) is 5.91 Å². The van der Waals surface area contributed by atoms with Crippen LogP contribution in [0.15, 0.2) is 90.1 Å². The summed E-state index contributed by atoms with van der Waals surface area (Å²) < 4.78 is 7.68. The molecule has 0 unspecified atom stereocenters. The summed E-state index contributed by atoms with van der Waals surface area (Å²) in [6, 6.07) is 26.8. The number of hydrogen-bond donors (Lipinski definition) is 2. The molecule has 0 saturated heterocycles. The highest BCUT2D eigenvalue weighted by Gasteiger charge is 2.34. The van der Waals surface area contributed by atoms with Crippen molar-refractivity contribution < 1.29 is 9.53 Å². The van der Waals surface area contributed by atoms with Gasteiger partial charge in [-0.3, -0.25) is 4.79 Å². The normalized spacial score (nSPS) is 16.1. The van der Waals surface area contributed by atoms with Gasteiger partial charge < -0.3 is 15.4 Å². The van der Waals surface area contributed by atoms with Crippen molar-refractivity contribution in [1.29, 1.82) is 0 Å². The molecule has 7 rings (SSSR count). The van der Waals surface area contributed by atoms with Crippen molar-refractivity contribution in [2.24, 2.45) is 0 Å². The van der Waals surface area contributed by atoms with Crippen LogP contribution in [-0.2, 0) is 4.79 Å². The van der Waals surface area contributed by atoms with E-state index < -0.39 is 0 Å².